The number of para-hydroxylation sites is 3. The summed E-state index contributed by atoms with van der Waals surface area (Å²) in [6.07, 6.45) is 0.957. The smallest absolute Gasteiger partial charge is 0.269 e. The van der Waals surface area contributed by atoms with Gasteiger partial charge in [-0.2, -0.15) is 0 Å². The summed E-state index contributed by atoms with van der Waals surface area (Å²) in [7, 11) is 0. The zero-order valence-electron chi connectivity index (χ0n) is 17.5. The minimum absolute atomic E-state index is 0.0883. The third kappa shape index (κ3) is 6.31. The highest BCUT2D eigenvalue weighted by molar-refractivity contribution is 5.80. The predicted molar refractivity (Wildman–Crippen MR) is 119 cm³/mol. The summed E-state index contributed by atoms with van der Waals surface area (Å²) in [4.78, 5) is 18.8. The molecule has 0 aliphatic heterocycles. The number of aromatic nitrogens is 2. The fourth-order valence-corrected chi connectivity index (χ4v) is 2.87. The molecule has 3 aromatic rings. The van der Waals surface area contributed by atoms with Gasteiger partial charge in [-0.1, -0.05) is 30.9 Å². The Kier molecular flexibility index (Phi) is 8.03. The molecule has 0 bridgehead atoms. The lowest BCUT2D eigenvalue weighted by atomic mass is 10.2. The summed E-state index contributed by atoms with van der Waals surface area (Å²) in [5, 5.41) is 13.3. The van der Waals surface area contributed by atoms with E-state index in [0.717, 1.165) is 0 Å². The summed E-state index contributed by atoms with van der Waals surface area (Å²) in [6, 6.07) is 12.7. The standard InChI is InChI=1S/C23H27N3O5/c1-3-12-29-19-8-4-5-9-20(19)30-13-11-24-14-17(27)15-31-21-10-6-7-18-22(21)25-16(2)23(28)26-18/h3-10,17,24,27H,1,11-15H2,2H3,(H,26,28). The molecule has 0 spiro atoms. The Morgan fingerprint density at radius 2 is 1.87 bits per heavy atom. The maximum Gasteiger partial charge on any atom is 0.269 e. The third-order valence-corrected chi connectivity index (χ3v) is 4.41. The van der Waals surface area contributed by atoms with Gasteiger partial charge in [0.2, 0.25) is 0 Å². The van der Waals surface area contributed by atoms with Gasteiger partial charge in [0, 0.05) is 13.1 Å². The van der Waals surface area contributed by atoms with Gasteiger partial charge in [-0.25, -0.2) is 4.98 Å². The molecule has 0 saturated carbocycles. The number of benzene rings is 2. The molecule has 3 N–H and O–H groups in total. The molecule has 0 aliphatic rings. The number of hydrogen-bond donors (Lipinski definition) is 3. The number of ether oxygens (including phenoxy) is 3. The number of nitrogens with zero attached hydrogens (tertiary/aromatic N) is 1. The van der Waals surface area contributed by atoms with Gasteiger partial charge in [-0.3, -0.25) is 4.79 Å². The first-order chi connectivity index (χ1) is 15.1. The lowest BCUT2D eigenvalue weighted by Crippen LogP contribution is -2.33. The highest BCUT2D eigenvalue weighted by atomic mass is 16.5. The van der Waals surface area contributed by atoms with Crippen LogP contribution in [0.25, 0.3) is 11.0 Å². The van der Waals surface area contributed by atoms with Crippen molar-refractivity contribution in [1.82, 2.24) is 15.3 Å². The van der Waals surface area contributed by atoms with E-state index < -0.39 is 6.10 Å². The molecule has 1 aromatic heterocycles. The number of aliphatic hydroxyl groups is 1. The van der Waals surface area contributed by atoms with Gasteiger partial charge < -0.3 is 29.6 Å². The summed E-state index contributed by atoms with van der Waals surface area (Å²) in [5.74, 6) is 1.83. The molecule has 0 amide bonds. The average molecular weight is 425 g/mol. The molecule has 31 heavy (non-hydrogen) atoms. The molecular formula is C23H27N3O5. The third-order valence-electron chi connectivity index (χ3n) is 4.41. The normalized spacial score (nSPS) is 11.8. The highest BCUT2D eigenvalue weighted by Crippen LogP contribution is 2.26. The minimum atomic E-state index is -0.720. The van der Waals surface area contributed by atoms with Crippen molar-refractivity contribution in [2.24, 2.45) is 0 Å². The van der Waals surface area contributed by atoms with E-state index in [1.54, 1.807) is 31.2 Å². The Bertz CT molecular complexity index is 1070. The number of aromatic amines is 1. The largest absolute Gasteiger partial charge is 0.488 e. The van der Waals surface area contributed by atoms with Crippen LogP contribution in [0.15, 0.2) is 59.9 Å². The van der Waals surface area contributed by atoms with Crippen LogP contribution in [0.4, 0.5) is 0 Å². The molecule has 0 aliphatic carbocycles. The van der Waals surface area contributed by atoms with Gasteiger partial charge >= 0.3 is 0 Å². The van der Waals surface area contributed by atoms with Crippen LogP contribution in [0.2, 0.25) is 0 Å². The van der Waals surface area contributed by atoms with Crippen molar-refractivity contribution in [2.45, 2.75) is 13.0 Å². The summed E-state index contributed by atoms with van der Waals surface area (Å²) in [6.45, 7) is 7.08. The van der Waals surface area contributed by atoms with Crippen LogP contribution in [0.5, 0.6) is 17.2 Å². The highest BCUT2D eigenvalue weighted by Gasteiger charge is 2.10. The van der Waals surface area contributed by atoms with Crippen LogP contribution in [-0.4, -0.2) is 54.1 Å². The van der Waals surface area contributed by atoms with Gasteiger partial charge in [-0.05, 0) is 31.2 Å². The van der Waals surface area contributed by atoms with Crippen LogP contribution in [0, 0.1) is 6.92 Å². The monoisotopic (exact) mass is 425 g/mol. The first-order valence-corrected chi connectivity index (χ1v) is 10.0. The maximum absolute atomic E-state index is 11.7. The van der Waals surface area contributed by atoms with E-state index in [0.29, 0.717) is 60.3 Å². The van der Waals surface area contributed by atoms with E-state index in [2.05, 4.69) is 21.9 Å². The van der Waals surface area contributed by atoms with Gasteiger partial charge in [0.25, 0.3) is 5.56 Å². The number of aliphatic hydroxyl groups excluding tert-OH is 1. The van der Waals surface area contributed by atoms with Crippen molar-refractivity contribution in [2.75, 3.05) is 32.9 Å². The van der Waals surface area contributed by atoms with E-state index >= 15 is 0 Å². The van der Waals surface area contributed by atoms with Crippen LogP contribution in [0.1, 0.15) is 5.69 Å². The Hall–Kier alpha value is -3.36. The van der Waals surface area contributed by atoms with Gasteiger partial charge in [0.1, 0.15) is 42.9 Å². The second-order valence-corrected chi connectivity index (χ2v) is 6.87. The van der Waals surface area contributed by atoms with E-state index in [4.69, 9.17) is 14.2 Å². The zero-order valence-corrected chi connectivity index (χ0v) is 17.5. The van der Waals surface area contributed by atoms with Crippen LogP contribution in [0.3, 0.4) is 0 Å². The molecule has 8 heteroatoms. The van der Waals surface area contributed by atoms with E-state index in [1.165, 1.54) is 0 Å². The fraction of sp³-hybridized carbons (Fsp3) is 0.304. The number of fused-ring (bicyclic) bond motifs is 1. The van der Waals surface area contributed by atoms with Crippen molar-refractivity contribution in [3.63, 3.8) is 0 Å². The Balaban J connectivity index is 1.42. The van der Waals surface area contributed by atoms with Crippen molar-refractivity contribution < 1.29 is 19.3 Å². The quantitative estimate of drug-likeness (QED) is 0.302. The number of rotatable bonds is 12. The molecule has 0 radical (unpaired) electrons. The van der Waals surface area contributed by atoms with E-state index in [1.807, 2.05) is 24.3 Å². The fourth-order valence-electron chi connectivity index (χ4n) is 2.87. The molecular weight excluding hydrogens is 398 g/mol. The van der Waals surface area contributed by atoms with Crippen molar-refractivity contribution in [3.8, 4) is 17.2 Å². The number of aryl methyl sites for hydroxylation is 1. The number of hydrogen-bond acceptors (Lipinski definition) is 7. The number of H-pyrrole nitrogens is 1. The predicted octanol–water partition coefficient (Wildman–Crippen LogP) is 2.20. The Morgan fingerprint density at radius 1 is 1.13 bits per heavy atom. The Labute approximate surface area is 180 Å². The van der Waals surface area contributed by atoms with E-state index in [-0.39, 0.29) is 12.2 Å². The van der Waals surface area contributed by atoms with E-state index in [9.17, 15) is 9.90 Å². The lowest BCUT2D eigenvalue weighted by Gasteiger charge is -2.15. The molecule has 8 nitrogen and oxygen atoms in total. The SMILES string of the molecule is C=CCOc1ccccc1OCCNCC(O)COc1cccc2[nH]c(=O)c(C)nc12. The average Bonchev–Trinajstić information content (AvgIpc) is 2.77. The molecule has 0 fully saturated rings. The minimum Gasteiger partial charge on any atom is -0.488 e. The van der Waals surface area contributed by atoms with Gasteiger partial charge in [-0.15, -0.1) is 0 Å². The topological polar surface area (TPSA) is 106 Å². The van der Waals surface area contributed by atoms with Crippen molar-refractivity contribution in [1.29, 1.82) is 0 Å². The van der Waals surface area contributed by atoms with Gasteiger partial charge in [0.15, 0.2) is 11.5 Å². The van der Waals surface area contributed by atoms with Gasteiger partial charge in [0.05, 0.1) is 5.52 Å². The molecule has 0 saturated heterocycles. The summed E-state index contributed by atoms with van der Waals surface area (Å²) < 4.78 is 17.0. The van der Waals surface area contributed by atoms with Crippen molar-refractivity contribution in [3.05, 3.63) is 71.2 Å². The molecule has 1 unspecified atom stereocenters. The zero-order chi connectivity index (χ0) is 22.1. The lowest BCUT2D eigenvalue weighted by molar-refractivity contribution is 0.106. The summed E-state index contributed by atoms with van der Waals surface area (Å²) in [5.41, 5.74) is 1.29. The first-order valence-electron chi connectivity index (χ1n) is 10.0. The van der Waals surface area contributed by atoms with Crippen LogP contribution in [-0.2, 0) is 0 Å². The first kappa shape index (κ1) is 22.3. The summed E-state index contributed by atoms with van der Waals surface area (Å²) >= 11 is 0. The number of nitrogens with one attached hydrogen (secondary N) is 2. The molecule has 164 valence electrons. The molecule has 1 heterocycles. The van der Waals surface area contributed by atoms with Crippen molar-refractivity contribution >= 4 is 11.0 Å². The molecule has 1 atom stereocenters. The Morgan fingerprint density at radius 3 is 2.65 bits per heavy atom. The second-order valence-electron chi connectivity index (χ2n) is 6.87. The van der Waals surface area contributed by atoms with Crippen LogP contribution >= 0.6 is 0 Å². The maximum atomic E-state index is 11.7. The van der Waals surface area contributed by atoms with Crippen LogP contribution < -0.4 is 25.1 Å². The molecule has 3 rings (SSSR count). The molecule has 2 aromatic carbocycles. The second kappa shape index (κ2) is 11.1.